The molecular weight excluding hydrogens is 442 g/mol. The largest absolute Gasteiger partial charge is 0.494 e. The van der Waals surface area contributed by atoms with Crippen LogP contribution in [0.2, 0.25) is 0 Å². The Bertz CT molecular complexity index is 1180. The summed E-state index contributed by atoms with van der Waals surface area (Å²) >= 11 is 0. The van der Waals surface area contributed by atoms with Crippen LogP contribution in [0, 0.1) is 0 Å². The van der Waals surface area contributed by atoms with Gasteiger partial charge in [0.15, 0.2) is 0 Å². The highest BCUT2D eigenvalue weighted by Crippen LogP contribution is 2.31. The molecule has 36 heavy (non-hydrogen) atoms. The lowest BCUT2D eigenvalue weighted by Crippen LogP contribution is -2.25. The van der Waals surface area contributed by atoms with E-state index < -0.39 is 0 Å². The van der Waals surface area contributed by atoms with E-state index in [2.05, 4.69) is 108 Å². The number of aromatic nitrogens is 2. The normalized spacial score (nSPS) is 11.2. The zero-order valence-corrected chi connectivity index (χ0v) is 22.0. The minimum Gasteiger partial charge on any atom is -0.494 e. The van der Waals surface area contributed by atoms with Gasteiger partial charge in [-0.15, -0.1) is 0 Å². The van der Waals surface area contributed by atoms with E-state index in [1.807, 2.05) is 6.92 Å². The van der Waals surface area contributed by atoms with E-state index in [9.17, 15) is 0 Å². The number of rotatable bonds is 13. The summed E-state index contributed by atoms with van der Waals surface area (Å²) < 4.78 is 8.12. The Labute approximate surface area is 216 Å². The van der Waals surface area contributed by atoms with E-state index in [-0.39, 0.29) is 0 Å². The zero-order chi connectivity index (χ0) is 25.2. The minimum absolute atomic E-state index is 0.690. The topological polar surface area (TPSA) is 30.3 Å². The number of imidazole rings is 1. The Hall–Kier alpha value is -3.37. The number of nitrogens with zero attached hydrogens (tertiary/aromatic N) is 3. The maximum Gasteiger partial charge on any atom is 0.140 e. The molecule has 0 spiro atoms. The second-order valence-corrected chi connectivity index (χ2v) is 9.26. The molecule has 0 saturated heterocycles. The van der Waals surface area contributed by atoms with Crippen molar-refractivity contribution in [3.63, 3.8) is 0 Å². The summed E-state index contributed by atoms with van der Waals surface area (Å²) in [5, 5.41) is 0. The van der Waals surface area contributed by atoms with Gasteiger partial charge < -0.3 is 9.30 Å². The number of hydrogen-bond acceptors (Lipinski definition) is 3. The molecular formula is C32H39N3O. The first-order valence-electron chi connectivity index (χ1n) is 13.4. The number of ether oxygens (including phenoxy) is 1. The van der Waals surface area contributed by atoms with Gasteiger partial charge in [0.05, 0.1) is 18.0 Å². The fraction of sp³-hybridized carbons (Fsp3) is 0.344. The SMILES string of the molecule is CCCCn1c(-c2ccccc2)nc(-c2ccccc2)c1CN(CCC)Cc1ccc(OCC)cc1. The molecule has 0 saturated carbocycles. The van der Waals surface area contributed by atoms with E-state index in [1.54, 1.807) is 0 Å². The van der Waals surface area contributed by atoms with Crippen LogP contribution in [-0.4, -0.2) is 27.6 Å². The van der Waals surface area contributed by atoms with Crippen LogP contribution < -0.4 is 4.74 Å². The summed E-state index contributed by atoms with van der Waals surface area (Å²) in [7, 11) is 0. The maximum atomic E-state index is 5.65. The third kappa shape index (κ3) is 6.44. The third-order valence-electron chi connectivity index (χ3n) is 6.44. The van der Waals surface area contributed by atoms with Crippen molar-refractivity contribution < 1.29 is 4.74 Å². The Morgan fingerprint density at radius 3 is 2.03 bits per heavy atom. The van der Waals surface area contributed by atoms with Gasteiger partial charge in [-0.05, 0) is 44.0 Å². The predicted octanol–water partition coefficient (Wildman–Crippen LogP) is 7.83. The molecule has 4 nitrogen and oxygen atoms in total. The molecule has 3 aromatic carbocycles. The molecule has 1 aromatic heterocycles. The van der Waals surface area contributed by atoms with Crippen LogP contribution in [0.4, 0.5) is 0 Å². The molecule has 0 aliphatic carbocycles. The lowest BCUT2D eigenvalue weighted by Gasteiger charge is -2.24. The summed E-state index contributed by atoms with van der Waals surface area (Å²) in [6, 6.07) is 29.8. The highest BCUT2D eigenvalue weighted by atomic mass is 16.5. The van der Waals surface area contributed by atoms with Crippen molar-refractivity contribution in [1.29, 1.82) is 0 Å². The quantitative estimate of drug-likeness (QED) is 0.195. The summed E-state index contributed by atoms with van der Waals surface area (Å²) in [4.78, 5) is 7.83. The van der Waals surface area contributed by atoms with E-state index in [4.69, 9.17) is 9.72 Å². The van der Waals surface area contributed by atoms with Crippen molar-refractivity contribution in [3.05, 3.63) is 96.2 Å². The second-order valence-electron chi connectivity index (χ2n) is 9.26. The third-order valence-corrected chi connectivity index (χ3v) is 6.44. The van der Waals surface area contributed by atoms with Gasteiger partial charge in [0, 0.05) is 30.8 Å². The smallest absolute Gasteiger partial charge is 0.140 e. The van der Waals surface area contributed by atoms with E-state index >= 15 is 0 Å². The van der Waals surface area contributed by atoms with Gasteiger partial charge >= 0.3 is 0 Å². The van der Waals surface area contributed by atoms with Gasteiger partial charge in [-0.2, -0.15) is 0 Å². The van der Waals surface area contributed by atoms with E-state index in [0.29, 0.717) is 6.61 Å². The van der Waals surface area contributed by atoms with Crippen molar-refractivity contribution in [1.82, 2.24) is 14.5 Å². The Kier molecular flexibility index (Phi) is 9.34. The highest BCUT2D eigenvalue weighted by Gasteiger charge is 2.21. The first-order valence-corrected chi connectivity index (χ1v) is 13.4. The van der Waals surface area contributed by atoms with Crippen LogP contribution in [0.3, 0.4) is 0 Å². The average Bonchev–Trinajstić information content (AvgIpc) is 3.27. The number of hydrogen-bond donors (Lipinski definition) is 0. The average molecular weight is 482 g/mol. The summed E-state index contributed by atoms with van der Waals surface area (Å²) in [6.07, 6.45) is 3.38. The highest BCUT2D eigenvalue weighted by molar-refractivity contribution is 5.68. The lowest BCUT2D eigenvalue weighted by atomic mass is 10.1. The Morgan fingerprint density at radius 1 is 0.750 bits per heavy atom. The lowest BCUT2D eigenvalue weighted by molar-refractivity contribution is 0.250. The molecule has 0 bridgehead atoms. The molecule has 0 amide bonds. The molecule has 4 rings (SSSR count). The molecule has 0 unspecified atom stereocenters. The molecule has 1 heterocycles. The molecule has 0 fully saturated rings. The van der Waals surface area contributed by atoms with Crippen LogP contribution in [0.25, 0.3) is 22.6 Å². The van der Waals surface area contributed by atoms with Crippen LogP contribution in [-0.2, 0) is 19.6 Å². The predicted molar refractivity (Wildman–Crippen MR) is 150 cm³/mol. The standard InChI is InChI=1S/C32H39N3O/c1-4-7-23-35-30(25-34(22-5-2)24-26-18-20-29(21-19-26)36-6-3)31(27-14-10-8-11-15-27)33-32(35)28-16-12-9-13-17-28/h8-21H,4-7,22-25H2,1-3H3. The van der Waals surface area contributed by atoms with Crippen molar-refractivity contribution in [2.45, 2.75) is 59.7 Å². The van der Waals surface area contributed by atoms with Crippen molar-refractivity contribution >= 4 is 0 Å². The first-order chi connectivity index (χ1) is 17.7. The number of benzene rings is 3. The molecule has 0 aliphatic rings. The number of unbranched alkanes of at least 4 members (excludes halogenated alkanes) is 1. The fourth-order valence-corrected chi connectivity index (χ4v) is 4.70. The molecule has 0 atom stereocenters. The van der Waals surface area contributed by atoms with Gasteiger partial charge in [0.25, 0.3) is 0 Å². The van der Waals surface area contributed by atoms with Gasteiger partial charge in [0.2, 0.25) is 0 Å². The van der Waals surface area contributed by atoms with Crippen molar-refractivity contribution in [3.8, 4) is 28.4 Å². The van der Waals surface area contributed by atoms with Crippen molar-refractivity contribution in [2.24, 2.45) is 0 Å². The molecule has 4 heteroatoms. The summed E-state index contributed by atoms with van der Waals surface area (Å²) in [5.41, 5.74) is 6.05. The zero-order valence-electron chi connectivity index (χ0n) is 22.0. The van der Waals surface area contributed by atoms with Crippen LogP contribution in [0.5, 0.6) is 5.75 Å². The van der Waals surface area contributed by atoms with Gasteiger partial charge in [0.1, 0.15) is 11.6 Å². The second kappa shape index (κ2) is 13.1. The monoisotopic (exact) mass is 481 g/mol. The van der Waals surface area contributed by atoms with Crippen LogP contribution in [0.1, 0.15) is 51.3 Å². The summed E-state index contributed by atoms with van der Waals surface area (Å²) in [5.74, 6) is 2.00. The van der Waals surface area contributed by atoms with Crippen molar-refractivity contribution in [2.75, 3.05) is 13.2 Å². The Balaban J connectivity index is 1.74. The van der Waals surface area contributed by atoms with E-state index in [1.165, 1.54) is 22.4 Å². The van der Waals surface area contributed by atoms with Crippen LogP contribution in [0.15, 0.2) is 84.9 Å². The van der Waals surface area contributed by atoms with Gasteiger partial charge in [-0.25, -0.2) is 4.98 Å². The fourth-order valence-electron chi connectivity index (χ4n) is 4.70. The van der Waals surface area contributed by atoms with Crippen LogP contribution >= 0.6 is 0 Å². The minimum atomic E-state index is 0.690. The molecule has 0 radical (unpaired) electrons. The van der Waals surface area contributed by atoms with Gasteiger partial charge in [-0.3, -0.25) is 4.90 Å². The molecule has 4 aromatic rings. The van der Waals surface area contributed by atoms with Gasteiger partial charge in [-0.1, -0.05) is 93.1 Å². The summed E-state index contributed by atoms with van der Waals surface area (Å²) in [6.45, 7) is 11.0. The molecule has 0 N–H and O–H groups in total. The van der Waals surface area contributed by atoms with E-state index in [0.717, 1.165) is 62.7 Å². The molecule has 188 valence electrons. The first kappa shape index (κ1) is 25.7. The molecule has 0 aliphatic heterocycles. The maximum absolute atomic E-state index is 5.65. The Morgan fingerprint density at radius 2 is 1.42 bits per heavy atom.